The van der Waals surface area contributed by atoms with E-state index in [0.717, 1.165) is 0 Å². The van der Waals surface area contributed by atoms with Crippen molar-refractivity contribution >= 4 is 47.8 Å². The van der Waals surface area contributed by atoms with Gasteiger partial charge in [-0.3, -0.25) is 0 Å². The van der Waals surface area contributed by atoms with Gasteiger partial charge < -0.3 is 0 Å². The van der Waals surface area contributed by atoms with E-state index in [4.69, 9.17) is 0 Å². The van der Waals surface area contributed by atoms with E-state index in [9.17, 15) is 17.6 Å². The van der Waals surface area contributed by atoms with Crippen LogP contribution in [0.25, 0.3) is 0 Å². The molecule has 114 valence electrons. The van der Waals surface area contributed by atoms with E-state index in [-0.39, 0.29) is 20.9 Å². The normalized spacial score (nSPS) is 10.1. The molecule has 2 rings (SSSR count). The van der Waals surface area contributed by atoms with Gasteiger partial charge in [0, 0.05) is 16.5 Å². The van der Waals surface area contributed by atoms with Crippen molar-refractivity contribution in [2.24, 2.45) is 0 Å². The van der Waals surface area contributed by atoms with Gasteiger partial charge in [-0.15, -0.1) is 0 Å². The maximum Gasteiger partial charge on any atom is 0.144 e. The highest BCUT2D eigenvalue weighted by Gasteiger charge is 2.09. The quantitative estimate of drug-likeness (QED) is 0.237. The lowest BCUT2D eigenvalue weighted by atomic mass is 10.2. The lowest BCUT2D eigenvalue weighted by Gasteiger charge is -2.01. The van der Waals surface area contributed by atoms with Crippen molar-refractivity contribution in [3.8, 4) is 0 Å². The van der Waals surface area contributed by atoms with Crippen LogP contribution in [-0.2, 0) is 5.33 Å². The van der Waals surface area contributed by atoms with Gasteiger partial charge in [0.05, 0.1) is 8.95 Å². The van der Waals surface area contributed by atoms with Crippen LogP contribution in [0.2, 0.25) is 0 Å². The molecule has 7 heteroatoms. The maximum atomic E-state index is 12.9. The Morgan fingerprint density at radius 1 is 0.810 bits per heavy atom. The monoisotopic (exact) mass is 490 g/mol. The molecule has 0 atom stereocenters. The van der Waals surface area contributed by atoms with Crippen molar-refractivity contribution in [1.29, 1.82) is 0 Å². The topological polar surface area (TPSA) is 0 Å². The lowest BCUT2D eigenvalue weighted by Crippen LogP contribution is -1.92. The SMILES string of the molecule is Cc1c(F)ccc(Br)c1F.Fc1ccc(Br)c(F)c1CBr. The fraction of sp³-hybridized carbons (Fsp3) is 0.143. The van der Waals surface area contributed by atoms with Crippen LogP contribution in [-0.4, -0.2) is 0 Å². The summed E-state index contributed by atoms with van der Waals surface area (Å²) in [5.41, 5.74) is 0.105. The van der Waals surface area contributed by atoms with Crippen LogP contribution in [0, 0.1) is 30.2 Å². The lowest BCUT2D eigenvalue weighted by molar-refractivity contribution is 0.562. The van der Waals surface area contributed by atoms with Gasteiger partial charge in [-0.25, -0.2) is 17.6 Å². The van der Waals surface area contributed by atoms with Gasteiger partial charge in [-0.05, 0) is 63.0 Å². The molecule has 0 unspecified atom stereocenters. The average Bonchev–Trinajstić information content (AvgIpc) is 2.46. The highest BCUT2D eigenvalue weighted by Crippen LogP contribution is 2.23. The summed E-state index contributed by atoms with van der Waals surface area (Å²) in [6.07, 6.45) is 0. The summed E-state index contributed by atoms with van der Waals surface area (Å²) in [5, 5.41) is 0.185. The minimum Gasteiger partial charge on any atom is -0.207 e. The largest absolute Gasteiger partial charge is 0.207 e. The van der Waals surface area contributed by atoms with Gasteiger partial charge in [0.1, 0.15) is 23.3 Å². The van der Waals surface area contributed by atoms with Gasteiger partial charge in [-0.1, -0.05) is 15.9 Å². The van der Waals surface area contributed by atoms with Crippen LogP contribution in [0.5, 0.6) is 0 Å². The third-order valence-electron chi connectivity index (χ3n) is 2.55. The fourth-order valence-electron chi connectivity index (χ4n) is 1.32. The molecule has 0 fully saturated rings. The van der Waals surface area contributed by atoms with Gasteiger partial charge in [0.15, 0.2) is 0 Å². The molecule has 0 heterocycles. The molecule has 0 bridgehead atoms. The molecular formula is C14H9Br3F4. The molecule has 0 N–H and O–H groups in total. The summed E-state index contributed by atoms with van der Waals surface area (Å²) >= 11 is 8.89. The van der Waals surface area contributed by atoms with E-state index in [1.54, 1.807) is 0 Å². The Hall–Kier alpha value is -0.400. The van der Waals surface area contributed by atoms with Crippen molar-refractivity contribution in [2.75, 3.05) is 0 Å². The second-order valence-corrected chi connectivity index (χ2v) is 6.19. The minimum atomic E-state index is -0.540. The second kappa shape index (κ2) is 8.29. The van der Waals surface area contributed by atoms with Crippen molar-refractivity contribution in [3.63, 3.8) is 0 Å². The fourth-order valence-corrected chi connectivity index (χ4v) is 2.64. The highest BCUT2D eigenvalue weighted by atomic mass is 79.9. The summed E-state index contributed by atoms with van der Waals surface area (Å²) in [4.78, 5) is 0. The summed E-state index contributed by atoms with van der Waals surface area (Å²) in [7, 11) is 0. The molecule has 2 aromatic carbocycles. The smallest absolute Gasteiger partial charge is 0.144 e. The molecule has 21 heavy (non-hydrogen) atoms. The highest BCUT2D eigenvalue weighted by molar-refractivity contribution is 9.10. The van der Waals surface area contributed by atoms with Gasteiger partial charge in [0.2, 0.25) is 0 Å². The van der Waals surface area contributed by atoms with E-state index in [0.29, 0.717) is 4.47 Å². The average molecular weight is 493 g/mol. The van der Waals surface area contributed by atoms with Crippen LogP contribution in [0.1, 0.15) is 11.1 Å². The zero-order chi connectivity index (χ0) is 16.2. The van der Waals surface area contributed by atoms with Crippen LogP contribution in [0.3, 0.4) is 0 Å². The van der Waals surface area contributed by atoms with Crippen molar-refractivity contribution in [1.82, 2.24) is 0 Å². The predicted octanol–water partition coefficient (Wildman–Crippen LogP) is 6.66. The summed E-state index contributed by atoms with van der Waals surface area (Å²) < 4.78 is 51.5. The zero-order valence-corrected chi connectivity index (χ0v) is 15.4. The van der Waals surface area contributed by atoms with Gasteiger partial charge >= 0.3 is 0 Å². The number of hydrogen-bond acceptors (Lipinski definition) is 0. The molecule has 0 nitrogen and oxygen atoms in total. The van der Waals surface area contributed by atoms with Crippen molar-refractivity contribution < 1.29 is 17.6 Å². The number of halogens is 7. The standard InChI is InChI=1S/C7H4Br2F2.C7H5BrF2/c8-3-4-6(10)2-1-5(9)7(4)11;1-4-6(9)3-2-5(8)7(4)10/h1-2H,3H2;2-3H,1H3. The Morgan fingerprint density at radius 3 is 1.71 bits per heavy atom. The summed E-state index contributed by atoms with van der Waals surface area (Å²) in [6, 6.07) is 5.14. The van der Waals surface area contributed by atoms with Crippen LogP contribution < -0.4 is 0 Å². The first-order chi connectivity index (χ1) is 9.79. The Bertz CT molecular complexity index is 618. The molecule has 0 amide bonds. The first kappa shape index (κ1) is 18.6. The zero-order valence-electron chi connectivity index (χ0n) is 10.7. The third kappa shape index (κ3) is 4.79. The van der Waals surface area contributed by atoms with Crippen LogP contribution >= 0.6 is 47.8 Å². The van der Waals surface area contributed by atoms with Crippen LogP contribution in [0.4, 0.5) is 17.6 Å². The molecule has 0 aliphatic rings. The van der Waals surface area contributed by atoms with E-state index < -0.39 is 23.3 Å². The molecule has 0 aliphatic heterocycles. The Labute approximate surface area is 144 Å². The van der Waals surface area contributed by atoms with Crippen molar-refractivity contribution in [2.45, 2.75) is 12.3 Å². The Kier molecular flexibility index (Phi) is 7.36. The summed E-state index contributed by atoms with van der Waals surface area (Å²) in [5.74, 6) is -2.11. The third-order valence-corrected chi connectivity index (χ3v) is 4.33. The second-order valence-electron chi connectivity index (χ2n) is 3.92. The van der Waals surface area contributed by atoms with E-state index in [1.165, 1.54) is 31.2 Å². The number of rotatable bonds is 1. The van der Waals surface area contributed by atoms with E-state index in [2.05, 4.69) is 47.8 Å². The predicted molar refractivity (Wildman–Crippen MR) is 85.5 cm³/mol. The van der Waals surface area contributed by atoms with Crippen molar-refractivity contribution in [3.05, 3.63) is 67.6 Å². The first-order valence-corrected chi connectivity index (χ1v) is 8.28. The maximum absolute atomic E-state index is 12.9. The molecule has 0 aliphatic carbocycles. The minimum absolute atomic E-state index is 0.0503. The Balaban J connectivity index is 0.000000211. The summed E-state index contributed by atoms with van der Waals surface area (Å²) in [6.45, 7) is 1.40. The molecule has 0 saturated heterocycles. The number of benzene rings is 2. The Morgan fingerprint density at radius 2 is 1.29 bits per heavy atom. The van der Waals surface area contributed by atoms with Crippen LogP contribution in [0.15, 0.2) is 33.2 Å². The molecular weight excluding hydrogens is 484 g/mol. The van der Waals surface area contributed by atoms with E-state index >= 15 is 0 Å². The first-order valence-electron chi connectivity index (χ1n) is 5.58. The molecule has 0 saturated carbocycles. The number of alkyl halides is 1. The molecule has 2 aromatic rings. The van der Waals surface area contributed by atoms with Gasteiger partial charge in [-0.2, -0.15) is 0 Å². The van der Waals surface area contributed by atoms with E-state index in [1.807, 2.05) is 0 Å². The number of hydrogen-bond donors (Lipinski definition) is 0. The molecule has 0 radical (unpaired) electrons. The molecule has 0 aromatic heterocycles. The molecule has 0 spiro atoms. The van der Waals surface area contributed by atoms with Gasteiger partial charge in [0.25, 0.3) is 0 Å².